The van der Waals surface area contributed by atoms with Crippen molar-refractivity contribution in [1.29, 1.82) is 0 Å². The Morgan fingerprint density at radius 3 is 2.26 bits per heavy atom. The first-order chi connectivity index (χ1) is 17.2. The lowest BCUT2D eigenvalue weighted by Crippen LogP contribution is -2.33. The Hall–Kier alpha value is -3.31. The first-order valence-corrected chi connectivity index (χ1v) is 12.8. The number of hydrogen-bond acceptors (Lipinski definition) is 4. The zero-order valence-electron chi connectivity index (χ0n) is 20.4. The van der Waals surface area contributed by atoms with Gasteiger partial charge in [-0.3, -0.25) is 10.2 Å². The van der Waals surface area contributed by atoms with Gasteiger partial charge in [0.2, 0.25) is 0 Å². The van der Waals surface area contributed by atoms with Crippen LogP contribution in [0.5, 0.6) is 0 Å². The van der Waals surface area contributed by atoms with E-state index < -0.39 is 0 Å². The van der Waals surface area contributed by atoms with Gasteiger partial charge in [-0.2, -0.15) is 0 Å². The SMILES string of the molecule is O=C(Nc1ccc2c(c1)CCN2Cc1ccccc1)OCCC1CCN(Cc2ccccc2)CC1. The van der Waals surface area contributed by atoms with Crippen LogP contribution in [0.25, 0.3) is 0 Å². The first-order valence-electron chi connectivity index (χ1n) is 12.8. The molecule has 1 fully saturated rings. The van der Waals surface area contributed by atoms with Gasteiger partial charge in [0, 0.05) is 31.0 Å². The Bertz CT molecular complexity index is 1100. The molecule has 5 nitrogen and oxygen atoms in total. The van der Waals surface area contributed by atoms with Crippen molar-refractivity contribution >= 4 is 17.5 Å². The minimum absolute atomic E-state index is 0.356. The third-order valence-corrected chi connectivity index (χ3v) is 7.25. The minimum atomic E-state index is -0.356. The molecule has 5 heteroatoms. The summed E-state index contributed by atoms with van der Waals surface area (Å²) in [7, 11) is 0. The summed E-state index contributed by atoms with van der Waals surface area (Å²) >= 11 is 0. The number of hydrogen-bond donors (Lipinski definition) is 1. The van der Waals surface area contributed by atoms with Crippen LogP contribution in [0.15, 0.2) is 78.9 Å². The standard InChI is InChI=1S/C30H35N3O2/c34-30(35-20-16-24-13-17-32(18-14-24)22-25-7-3-1-4-8-25)31-28-11-12-29-27(21-28)15-19-33(29)23-26-9-5-2-6-10-26/h1-12,21,24H,13-20,22-23H2,(H,31,34). The van der Waals surface area contributed by atoms with E-state index in [4.69, 9.17) is 4.74 Å². The maximum atomic E-state index is 12.4. The van der Waals surface area contributed by atoms with Crippen LogP contribution in [-0.4, -0.2) is 37.2 Å². The number of rotatable bonds is 8. The number of likely N-dealkylation sites (tertiary alicyclic amines) is 1. The van der Waals surface area contributed by atoms with Gasteiger partial charge < -0.3 is 9.64 Å². The van der Waals surface area contributed by atoms with E-state index in [2.05, 4.69) is 81.8 Å². The average molecular weight is 470 g/mol. The number of ether oxygens (including phenoxy) is 1. The molecule has 182 valence electrons. The molecular formula is C30H35N3O2. The summed E-state index contributed by atoms with van der Waals surface area (Å²) in [5.41, 5.74) is 6.03. The monoisotopic (exact) mass is 469 g/mol. The zero-order chi connectivity index (χ0) is 23.9. The van der Waals surface area contributed by atoms with Crippen LogP contribution >= 0.6 is 0 Å². The van der Waals surface area contributed by atoms with Crippen molar-refractivity contribution in [2.45, 2.75) is 38.8 Å². The Kier molecular flexibility index (Phi) is 7.64. The minimum Gasteiger partial charge on any atom is -0.449 e. The molecule has 0 aliphatic carbocycles. The number of carbonyl (C=O) groups is 1. The van der Waals surface area contributed by atoms with Gasteiger partial charge in [0.15, 0.2) is 0 Å². The van der Waals surface area contributed by atoms with Crippen LogP contribution in [0.4, 0.5) is 16.2 Å². The molecule has 1 N–H and O–H groups in total. The van der Waals surface area contributed by atoms with Gasteiger partial charge in [-0.1, -0.05) is 60.7 Å². The molecule has 1 amide bonds. The van der Waals surface area contributed by atoms with E-state index in [1.807, 2.05) is 12.1 Å². The number of fused-ring (bicyclic) bond motifs is 1. The third-order valence-electron chi connectivity index (χ3n) is 7.25. The van der Waals surface area contributed by atoms with E-state index in [1.165, 1.54) is 35.2 Å². The van der Waals surface area contributed by atoms with Crippen molar-refractivity contribution in [1.82, 2.24) is 4.90 Å². The largest absolute Gasteiger partial charge is 0.449 e. The van der Waals surface area contributed by atoms with Gasteiger partial charge in [-0.05, 0) is 79.6 Å². The molecule has 2 heterocycles. The summed E-state index contributed by atoms with van der Waals surface area (Å²) in [4.78, 5) is 17.3. The molecule has 2 aliphatic rings. The van der Waals surface area contributed by atoms with E-state index in [0.29, 0.717) is 12.5 Å². The molecule has 1 saturated heterocycles. The number of benzene rings is 3. The summed E-state index contributed by atoms with van der Waals surface area (Å²) in [5, 5.41) is 2.92. The van der Waals surface area contributed by atoms with E-state index >= 15 is 0 Å². The van der Waals surface area contributed by atoms with Gasteiger partial charge in [0.1, 0.15) is 0 Å². The summed E-state index contributed by atoms with van der Waals surface area (Å²) in [6.07, 6.45) is 3.91. The first kappa shape index (κ1) is 23.4. The average Bonchev–Trinajstić information content (AvgIpc) is 3.28. The molecule has 3 aromatic rings. The van der Waals surface area contributed by atoms with Crippen LogP contribution in [0.3, 0.4) is 0 Å². The quantitative estimate of drug-likeness (QED) is 0.433. The molecule has 5 rings (SSSR count). The summed E-state index contributed by atoms with van der Waals surface area (Å²) in [5.74, 6) is 0.630. The van der Waals surface area contributed by atoms with Crippen LogP contribution in [0, 0.1) is 5.92 Å². The lowest BCUT2D eigenvalue weighted by atomic mass is 9.93. The van der Waals surface area contributed by atoms with Gasteiger partial charge in [-0.25, -0.2) is 4.79 Å². The molecule has 0 radical (unpaired) electrons. The lowest BCUT2D eigenvalue weighted by molar-refractivity contribution is 0.130. The van der Waals surface area contributed by atoms with Gasteiger partial charge >= 0.3 is 6.09 Å². The van der Waals surface area contributed by atoms with Crippen LogP contribution in [0.1, 0.15) is 36.0 Å². The highest BCUT2D eigenvalue weighted by molar-refractivity contribution is 5.85. The van der Waals surface area contributed by atoms with Crippen LogP contribution < -0.4 is 10.2 Å². The maximum Gasteiger partial charge on any atom is 0.411 e. The Balaban J connectivity index is 1.02. The van der Waals surface area contributed by atoms with Gasteiger partial charge in [0.25, 0.3) is 0 Å². The van der Waals surface area contributed by atoms with Crippen molar-refractivity contribution < 1.29 is 9.53 Å². The highest BCUT2D eigenvalue weighted by Crippen LogP contribution is 2.31. The summed E-state index contributed by atoms with van der Waals surface area (Å²) in [6, 6.07) is 27.4. The van der Waals surface area contributed by atoms with Crippen molar-refractivity contribution in [2.75, 3.05) is 36.5 Å². The molecule has 0 spiro atoms. The fourth-order valence-electron chi connectivity index (χ4n) is 5.26. The van der Waals surface area contributed by atoms with E-state index in [1.54, 1.807) is 0 Å². The van der Waals surface area contributed by atoms with E-state index in [-0.39, 0.29) is 6.09 Å². The second-order valence-corrected chi connectivity index (χ2v) is 9.76. The van der Waals surface area contributed by atoms with Crippen LogP contribution in [-0.2, 0) is 24.2 Å². The van der Waals surface area contributed by atoms with Gasteiger partial charge in [0.05, 0.1) is 6.61 Å². The number of nitrogens with zero attached hydrogens (tertiary/aromatic N) is 2. The van der Waals surface area contributed by atoms with E-state index in [9.17, 15) is 4.79 Å². The Labute approximate surface area is 208 Å². The molecule has 0 saturated carbocycles. The molecule has 0 aromatic heterocycles. The molecule has 0 unspecified atom stereocenters. The number of carbonyl (C=O) groups excluding carboxylic acids is 1. The Morgan fingerprint density at radius 2 is 1.54 bits per heavy atom. The topological polar surface area (TPSA) is 44.8 Å². The molecule has 0 bridgehead atoms. The number of piperidine rings is 1. The molecule has 35 heavy (non-hydrogen) atoms. The Morgan fingerprint density at radius 1 is 0.857 bits per heavy atom. The fourth-order valence-corrected chi connectivity index (χ4v) is 5.26. The number of nitrogens with one attached hydrogen (secondary N) is 1. The predicted molar refractivity (Wildman–Crippen MR) is 142 cm³/mol. The molecular weight excluding hydrogens is 434 g/mol. The smallest absolute Gasteiger partial charge is 0.411 e. The van der Waals surface area contributed by atoms with Crippen molar-refractivity contribution in [3.63, 3.8) is 0 Å². The summed E-state index contributed by atoms with van der Waals surface area (Å²) < 4.78 is 5.52. The molecule has 0 atom stereocenters. The predicted octanol–water partition coefficient (Wildman–Crippen LogP) is 6.10. The lowest BCUT2D eigenvalue weighted by Gasteiger charge is -2.31. The normalized spacial score (nSPS) is 16.2. The maximum absolute atomic E-state index is 12.4. The number of anilines is 2. The summed E-state index contributed by atoms with van der Waals surface area (Å²) in [6.45, 7) is 5.64. The number of amides is 1. The van der Waals surface area contributed by atoms with Gasteiger partial charge in [-0.15, -0.1) is 0 Å². The zero-order valence-corrected chi connectivity index (χ0v) is 20.4. The van der Waals surface area contributed by atoms with Crippen molar-refractivity contribution in [3.05, 3.63) is 95.6 Å². The highest BCUT2D eigenvalue weighted by atomic mass is 16.5. The third kappa shape index (κ3) is 6.43. The van der Waals surface area contributed by atoms with E-state index in [0.717, 1.165) is 51.3 Å². The second kappa shape index (κ2) is 11.4. The fraction of sp³-hybridized carbons (Fsp3) is 0.367. The van der Waals surface area contributed by atoms with Crippen LogP contribution in [0.2, 0.25) is 0 Å². The van der Waals surface area contributed by atoms with Crippen molar-refractivity contribution in [3.8, 4) is 0 Å². The molecule has 3 aromatic carbocycles. The second-order valence-electron chi connectivity index (χ2n) is 9.76. The highest BCUT2D eigenvalue weighted by Gasteiger charge is 2.21. The van der Waals surface area contributed by atoms with Crippen molar-refractivity contribution in [2.24, 2.45) is 5.92 Å². The molecule has 2 aliphatic heterocycles.